The summed E-state index contributed by atoms with van der Waals surface area (Å²) in [4.78, 5) is 20.0. The molecule has 2 aliphatic heterocycles. The normalized spacial score (nSPS) is 16.3. The molecule has 2 aromatic carbocycles. The highest BCUT2D eigenvalue weighted by atomic mass is 32.2. The number of fused-ring (bicyclic) bond motifs is 1. The number of benzene rings is 2. The lowest BCUT2D eigenvalue weighted by Gasteiger charge is -2.22. The van der Waals surface area contributed by atoms with Crippen molar-refractivity contribution in [2.75, 3.05) is 26.2 Å². The van der Waals surface area contributed by atoms with Crippen LogP contribution in [0.15, 0.2) is 57.9 Å². The third kappa shape index (κ3) is 5.49. The quantitative estimate of drug-likeness (QED) is 0.582. The molecule has 0 unspecified atom stereocenters. The fraction of sp³-hybridized carbons (Fsp3) is 0.407. The van der Waals surface area contributed by atoms with E-state index in [0.29, 0.717) is 54.6 Å². The molecular weight excluding hydrogens is 460 g/mol. The number of hydrogen-bond donors (Lipinski definition) is 1. The van der Waals surface area contributed by atoms with Gasteiger partial charge < -0.3 is 10.6 Å². The van der Waals surface area contributed by atoms with Gasteiger partial charge in [-0.3, -0.25) is 4.79 Å². The Hall–Kier alpha value is -2.97. The zero-order valence-electron chi connectivity index (χ0n) is 20.5. The largest absolute Gasteiger partial charge is 0.387 e. The molecule has 0 bridgehead atoms. The first-order valence-electron chi connectivity index (χ1n) is 12.4. The lowest BCUT2D eigenvalue weighted by Crippen LogP contribution is -2.34. The predicted molar refractivity (Wildman–Crippen MR) is 141 cm³/mol. The Kier molecular flexibility index (Phi) is 7.72. The highest BCUT2D eigenvalue weighted by molar-refractivity contribution is 7.89. The Labute approximate surface area is 208 Å². The van der Waals surface area contributed by atoms with E-state index in [2.05, 4.69) is 18.8 Å². The van der Waals surface area contributed by atoms with Crippen LogP contribution in [0.1, 0.15) is 51.5 Å². The third-order valence-corrected chi connectivity index (χ3v) is 8.31. The number of rotatable bonds is 8. The van der Waals surface area contributed by atoms with Crippen molar-refractivity contribution in [3.63, 3.8) is 0 Å². The average Bonchev–Trinajstić information content (AvgIpc) is 3.34. The highest BCUT2D eigenvalue weighted by Crippen LogP contribution is 2.33. The van der Waals surface area contributed by atoms with Crippen molar-refractivity contribution in [1.29, 1.82) is 0 Å². The smallest absolute Gasteiger partial charge is 0.250 e. The molecule has 0 saturated carbocycles. The molecule has 1 fully saturated rings. The molecule has 186 valence electrons. The molecule has 2 aromatic rings. The minimum Gasteiger partial charge on any atom is -0.387 e. The minimum absolute atomic E-state index is 0.00333. The van der Waals surface area contributed by atoms with Crippen molar-refractivity contribution in [2.24, 2.45) is 10.7 Å². The summed E-state index contributed by atoms with van der Waals surface area (Å²) < 4.78 is 27.6. The van der Waals surface area contributed by atoms with Gasteiger partial charge in [-0.15, -0.1) is 0 Å². The Morgan fingerprint density at radius 1 is 1.03 bits per heavy atom. The Balaban J connectivity index is 1.67. The summed E-state index contributed by atoms with van der Waals surface area (Å²) in [5.41, 5.74) is 10.00. The molecule has 35 heavy (non-hydrogen) atoms. The number of carbonyl (C=O) groups excluding carboxylic acids is 1. The fourth-order valence-corrected chi connectivity index (χ4v) is 6.24. The lowest BCUT2D eigenvalue weighted by atomic mass is 10.0. The highest BCUT2D eigenvalue weighted by Gasteiger charge is 2.27. The maximum atomic E-state index is 13.2. The summed E-state index contributed by atoms with van der Waals surface area (Å²) in [6.45, 7) is 6.69. The van der Waals surface area contributed by atoms with Gasteiger partial charge in [0.2, 0.25) is 15.9 Å². The molecule has 2 N–H and O–H groups in total. The maximum absolute atomic E-state index is 13.2. The van der Waals surface area contributed by atoms with E-state index < -0.39 is 10.0 Å². The summed E-state index contributed by atoms with van der Waals surface area (Å²) in [5.74, 6) is 0.391. The van der Waals surface area contributed by atoms with Crippen molar-refractivity contribution >= 4 is 33.5 Å². The third-order valence-electron chi connectivity index (χ3n) is 6.41. The minimum atomic E-state index is -3.50. The van der Waals surface area contributed by atoms with Crippen molar-refractivity contribution in [3.8, 4) is 11.1 Å². The van der Waals surface area contributed by atoms with Crippen molar-refractivity contribution in [2.45, 2.75) is 50.8 Å². The topological polar surface area (TPSA) is 96.1 Å². The Morgan fingerprint density at radius 3 is 2.40 bits per heavy atom. The Morgan fingerprint density at radius 2 is 1.71 bits per heavy atom. The van der Waals surface area contributed by atoms with Crippen LogP contribution in [-0.2, 0) is 14.8 Å². The van der Waals surface area contributed by atoms with Gasteiger partial charge in [0, 0.05) is 43.7 Å². The van der Waals surface area contributed by atoms with Crippen molar-refractivity contribution in [1.82, 2.24) is 9.21 Å². The van der Waals surface area contributed by atoms with Gasteiger partial charge in [-0.1, -0.05) is 38.1 Å². The van der Waals surface area contributed by atoms with E-state index in [1.54, 1.807) is 22.5 Å². The SMILES string of the molecule is CCCN(CCC)C(=O)C1=Cc2ccc(-c3cccc(S(=O)(=O)N4CCCC4)c3)cc2N=C(N)C1. The molecule has 1 saturated heterocycles. The van der Waals surface area contributed by atoms with Gasteiger partial charge in [-0.2, -0.15) is 4.31 Å². The first kappa shape index (κ1) is 25.1. The van der Waals surface area contributed by atoms with E-state index in [9.17, 15) is 13.2 Å². The summed E-state index contributed by atoms with van der Waals surface area (Å²) in [7, 11) is -3.50. The number of nitrogens with two attached hydrogens (primary N) is 1. The van der Waals surface area contributed by atoms with Crippen LogP contribution in [0, 0.1) is 0 Å². The number of nitrogens with zero attached hydrogens (tertiary/aromatic N) is 3. The van der Waals surface area contributed by atoms with Crippen LogP contribution in [0.4, 0.5) is 5.69 Å². The summed E-state index contributed by atoms with van der Waals surface area (Å²) in [6.07, 6.45) is 5.78. The van der Waals surface area contributed by atoms with Crippen LogP contribution < -0.4 is 5.73 Å². The maximum Gasteiger partial charge on any atom is 0.250 e. The van der Waals surface area contributed by atoms with Crippen LogP contribution in [0.5, 0.6) is 0 Å². The van der Waals surface area contributed by atoms with Crippen LogP contribution >= 0.6 is 0 Å². The van der Waals surface area contributed by atoms with Crippen LogP contribution in [0.25, 0.3) is 17.2 Å². The monoisotopic (exact) mass is 494 g/mol. The second-order valence-corrected chi connectivity index (χ2v) is 11.1. The van der Waals surface area contributed by atoms with E-state index in [1.165, 1.54) is 0 Å². The van der Waals surface area contributed by atoms with E-state index in [0.717, 1.165) is 42.4 Å². The lowest BCUT2D eigenvalue weighted by molar-refractivity contribution is -0.127. The van der Waals surface area contributed by atoms with Gasteiger partial charge in [-0.25, -0.2) is 13.4 Å². The zero-order valence-corrected chi connectivity index (χ0v) is 21.4. The van der Waals surface area contributed by atoms with Gasteiger partial charge in [-0.05, 0) is 61.1 Å². The number of aliphatic imine (C=N–C) groups is 1. The Bertz CT molecular complexity index is 1250. The zero-order chi connectivity index (χ0) is 25.0. The molecule has 0 aliphatic carbocycles. The van der Waals surface area contributed by atoms with Crippen LogP contribution in [-0.4, -0.2) is 55.5 Å². The molecule has 1 amide bonds. The first-order valence-corrected chi connectivity index (χ1v) is 13.8. The first-order chi connectivity index (χ1) is 16.8. The van der Waals surface area contributed by atoms with E-state index in [4.69, 9.17) is 5.73 Å². The number of amidine groups is 1. The van der Waals surface area contributed by atoms with Crippen LogP contribution in [0.2, 0.25) is 0 Å². The summed E-state index contributed by atoms with van der Waals surface area (Å²) in [6, 6.07) is 12.8. The summed E-state index contributed by atoms with van der Waals surface area (Å²) in [5, 5.41) is 0. The number of amides is 1. The van der Waals surface area contributed by atoms with E-state index in [-0.39, 0.29) is 5.91 Å². The second kappa shape index (κ2) is 10.7. The molecule has 2 aliphatic rings. The van der Waals surface area contributed by atoms with Gasteiger partial charge in [0.1, 0.15) is 5.84 Å². The van der Waals surface area contributed by atoms with Gasteiger partial charge in [0.05, 0.1) is 10.6 Å². The molecule has 4 rings (SSSR count). The van der Waals surface area contributed by atoms with Gasteiger partial charge in [0.15, 0.2) is 0 Å². The van der Waals surface area contributed by atoms with E-state index in [1.807, 2.05) is 35.2 Å². The number of hydrogen-bond acceptors (Lipinski definition) is 5. The average molecular weight is 495 g/mol. The standard InChI is InChI=1S/C27H34N4O3S/c1-3-12-30(13-4-2)27(32)23-16-22-11-10-21(18-25(22)29-26(28)19-23)20-8-7-9-24(17-20)35(33,34)31-14-5-6-15-31/h7-11,16-18H,3-6,12-15,19H2,1-2H3,(H2,28,29). The molecular formula is C27H34N4O3S. The predicted octanol–water partition coefficient (Wildman–Crippen LogP) is 4.56. The molecule has 0 atom stereocenters. The molecule has 0 aromatic heterocycles. The van der Waals surface area contributed by atoms with E-state index >= 15 is 0 Å². The molecule has 0 spiro atoms. The number of carbonyl (C=O) groups is 1. The number of sulfonamides is 1. The molecule has 7 nitrogen and oxygen atoms in total. The second-order valence-electron chi connectivity index (χ2n) is 9.15. The molecule has 0 radical (unpaired) electrons. The van der Waals surface area contributed by atoms with Crippen molar-refractivity contribution < 1.29 is 13.2 Å². The fourth-order valence-electron chi connectivity index (χ4n) is 4.68. The van der Waals surface area contributed by atoms with Gasteiger partial charge >= 0.3 is 0 Å². The molecule has 8 heteroatoms. The van der Waals surface area contributed by atoms with Gasteiger partial charge in [0.25, 0.3) is 0 Å². The molecule has 2 heterocycles. The summed E-state index contributed by atoms with van der Waals surface area (Å²) >= 11 is 0. The van der Waals surface area contributed by atoms with Crippen molar-refractivity contribution in [3.05, 3.63) is 53.6 Å². The van der Waals surface area contributed by atoms with Crippen LogP contribution in [0.3, 0.4) is 0 Å².